The van der Waals surface area contributed by atoms with E-state index in [1.54, 1.807) is 0 Å². The lowest BCUT2D eigenvalue weighted by Gasteiger charge is -2.56. The van der Waals surface area contributed by atoms with Gasteiger partial charge in [-0.3, -0.25) is 14.8 Å². The maximum Gasteiger partial charge on any atom is 0.138 e. The van der Waals surface area contributed by atoms with Gasteiger partial charge >= 0.3 is 0 Å². The number of carbonyl (C=O) groups excluding carboxylic acids is 1. The standard InChI is InChI=1S/C25H32N2O2/c1-4-29-18-11-16(13-26-14-18)20-5-6-21-19-15-27-23-12-17(28)7-9-25(23,3)22(19)8-10-24(20,21)2/h5,11,13-14,19,21-22H,4,6-10,12,15H2,1-3H3/t19-,21-,22-,24+,25+/m0/s1. The summed E-state index contributed by atoms with van der Waals surface area (Å²) in [6, 6.07) is 2.16. The molecule has 2 saturated carbocycles. The molecule has 3 aliphatic carbocycles. The number of allylic oxidation sites excluding steroid dienone is 2. The number of carbonyl (C=O) groups is 1. The van der Waals surface area contributed by atoms with E-state index in [0.717, 1.165) is 31.6 Å². The van der Waals surface area contributed by atoms with Crippen LogP contribution >= 0.6 is 0 Å². The number of ether oxygens (including phenoxy) is 1. The second-order valence-corrected chi connectivity index (χ2v) is 9.95. The Labute approximate surface area is 173 Å². The Morgan fingerprint density at radius 2 is 2.03 bits per heavy atom. The summed E-state index contributed by atoms with van der Waals surface area (Å²) in [4.78, 5) is 21.5. The maximum atomic E-state index is 12.0. The average molecular weight is 393 g/mol. The van der Waals surface area contributed by atoms with Crippen LogP contribution in [-0.4, -0.2) is 29.6 Å². The zero-order valence-electron chi connectivity index (χ0n) is 17.9. The van der Waals surface area contributed by atoms with E-state index in [1.165, 1.54) is 29.7 Å². The Balaban J connectivity index is 1.45. The molecule has 0 unspecified atom stereocenters. The van der Waals surface area contributed by atoms with Gasteiger partial charge in [-0.05, 0) is 73.0 Å². The number of pyridine rings is 1. The summed E-state index contributed by atoms with van der Waals surface area (Å²) in [6.07, 6.45) is 12.2. The van der Waals surface area contributed by atoms with Gasteiger partial charge < -0.3 is 4.74 Å². The second-order valence-electron chi connectivity index (χ2n) is 9.95. The molecule has 5 atom stereocenters. The van der Waals surface area contributed by atoms with Crippen molar-refractivity contribution in [2.24, 2.45) is 33.6 Å². The van der Waals surface area contributed by atoms with Crippen LogP contribution in [-0.2, 0) is 4.79 Å². The number of ketones is 1. The lowest BCUT2D eigenvalue weighted by molar-refractivity contribution is -0.120. The molecular weight excluding hydrogens is 360 g/mol. The molecule has 0 amide bonds. The van der Waals surface area contributed by atoms with Gasteiger partial charge in [0.15, 0.2) is 0 Å². The van der Waals surface area contributed by atoms with Crippen molar-refractivity contribution in [3.63, 3.8) is 0 Å². The number of hydrogen-bond donors (Lipinski definition) is 0. The van der Waals surface area contributed by atoms with Crippen molar-refractivity contribution in [2.45, 2.75) is 59.3 Å². The van der Waals surface area contributed by atoms with Crippen molar-refractivity contribution >= 4 is 17.1 Å². The average Bonchev–Trinajstić information content (AvgIpc) is 3.06. The third-order valence-electron chi connectivity index (χ3n) is 8.61. The summed E-state index contributed by atoms with van der Waals surface area (Å²) in [6.45, 7) is 8.44. The molecule has 0 spiro atoms. The fourth-order valence-corrected chi connectivity index (χ4v) is 7.03. The number of fused-ring (bicyclic) bond motifs is 5. The van der Waals surface area contributed by atoms with Crippen LogP contribution in [0.5, 0.6) is 5.75 Å². The smallest absolute Gasteiger partial charge is 0.138 e. The Morgan fingerprint density at radius 3 is 2.86 bits per heavy atom. The van der Waals surface area contributed by atoms with E-state index in [0.29, 0.717) is 36.6 Å². The SMILES string of the molecule is CCOc1cncc(C2=CC[C@H]3[C@@H]4CN=C5CC(=O)CC[C@]5(C)[C@H]4CC[C@]23C)c1. The molecule has 0 aromatic carbocycles. The highest BCUT2D eigenvalue weighted by atomic mass is 16.5. The number of hydrogen-bond acceptors (Lipinski definition) is 4. The van der Waals surface area contributed by atoms with E-state index in [2.05, 4.69) is 31.0 Å². The fourth-order valence-electron chi connectivity index (χ4n) is 7.03. The molecule has 1 aromatic heterocycles. The summed E-state index contributed by atoms with van der Waals surface area (Å²) >= 11 is 0. The van der Waals surface area contributed by atoms with Crippen LogP contribution in [0, 0.1) is 28.6 Å². The molecule has 1 aliphatic heterocycles. The first-order chi connectivity index (χ1) is 14.0. The fraction of sp³-hybridized carbons (Fsp3) is 0.640. The van der Waals surface area contributed by atoms with Crippen molar-refractivity contribution in [2.75, 3.05) is 13.2 Å². The third-order valence-corrected chi connectivity index (χ3v) is 8.61. The molecule has 29 heavy (non-hydrogen) atoms. The molecule has 0 radical (unpaired) electrons. The van der Waals surface area contributed by atoms with E-state index in [-0.39, 0.29) is 10.8 Å². The van der Waals surface area contributed by atoms with Crippen molar-refractivity contribution < 1.29 is 9.53 Å². The van der Waals surface area contributed by atoms with Crippen molar-refractivity contribution in [3.8, 4) is 5.75 Å². The van der Waals surface area contributed by atoms with Crippen molar-refractivity contribution in [1.82, 2.24) is 4.98 Å². The second kappa shape index (κ2) is 6.78. The summed E-state index contributed by atoms with van der Waals surface area (Å²) in [5.41, 5.74) is 4.19. The Bertz CT molecular complexity index is 904. The molecule has 0 N–H and O–H groups in total. The predicted molar refractivity (Wildman–Crippen MR) is 115 cm³/mol. The number of aromatic nitrogens is 1. The van der Waals surface area contributed by atoms with Crippen molar-refractivity contribution in [1.29, 1.82) is 0 Å². The highest BCUT2D eigenvalue weighted by Gasteiger charge is 2.57. The summed E-state index contributed by atoms with van der Waals surface area (Å²) in [7, 11) is 0. The molecule has 0 saturated heterocycles. The summed E-state index contributed by atoms with van der Waals surface area (Å²) in [5.74, 6) is 3.16. The van der Waals surface area contributed by atoms with Gasteiger partial charge in [0.2, 0.25) is 0 Å². The predicted octanol–water partition coefficient (Wildman–Crippen LogP) is 5.13. The van der Waals surface area contributed by atoms with Gasteiger partial charge in [-0.2, -0.15) is 0 Å². The summed E-state index contributed by atoms with van der Waals surface area (Å²) < 4.78 is 5.71. The number of Topliss-reactive ketones (excluding diaryl/α,β-unsaturated/α-hetero) is 1. The van der Waals surface area contributed by atoms with E-state index < -0.39 is 0 Å². The molecule has 4 aliphatic rings. The van der Waals surface area contributed by atoms with Crippen LogP contribution in [0.25, 0.3) is 5.57 Å². The Morgan fingerprint density at radius 1 is 1.17 bits per heavy atom. The van der Waals surface area contributed by atoms with Gasteiger partial charge in [0.25, 0.3) is 0 Å². The lowest BCUT2D eigenvalue weighted by Crippen LogP contribution is -2.54. The number of aliphatic imine (C=N–C) groups is 1. The van der Waals surface area contributed by atoms with Gasteiger partial charge in [-0.15, -0.1) is 0 Å². The van der Waals surface area contributed by atoms with Crippen molar-refractivity contribution in [3.05, 3.63) is 30.1 Å². The van der Waals surface area contributed by atoms with Crippen LogP contribution in [0.2, 0.25) is 0 Å². The first-order valence-electron chi connectivity index (χ1n) is 11.3. The Kier molecular flexibility index (Phi) is 4.45. The monoisotopic (exact) mass is 392 g/mol. The van der Waals surface area contributed by atoms with Crippen LogP contribution in [0.4, 0.5) is 0 Å². The quantitative estimate of drug-likeness (QED) is 0.716. The van der Waals surface area contributed by atoms with Gasteiger partial charge in [0.1, 0.15) is 11.5 Å². The molecule has 154 valence electrons. The van der Waals surface area contributed by atoms with E-state index in [9.17, 15) is 4.79 Å². The first kappa shape index (κ1) is 19.0. The van der Waals surface area contributed by atoms with Gasteiger partial charge in [0, 0.05) is 36.7 Å². The number of rotatable bonds is 3. The van der Waals surface area contributed by atoms with Crippen LogP contribution in [0.15, 0.2) is 29.5 Å². The largest absolute Gasteiger partial charge is 0.492 e. The van der Waals surface area contributed by atoms with Crippen LogP contribution < -0.4 is 4.74 Å². The van der Waals surface area contributed by atoms with Crippen LogP contribution in [0.3, 0.4) is 0 Å². The topological polar surface area (TPSA) is 51.6 Å². The molecule has 0 bridgehead atoms. The zero-order chi connectivity index (χ0) is 20.2. The van der Waals surface area contributed by atoms with Crippen LogP contribution in [0.1, 0.15) is 64.9 Å². The Hall–Kier alpha value is -1.97. The highest BCUT2D eigenvalue weighted by molar-refractivity contribution is 6.07. The zero-order valence-corrected chi connectivity index (χ0v) is 17.9. The molecule has 2 heterocycles. The van der Waals surface area contributed by atoms with E-state index in [4.69, 9.17) is 9.73 Å². The molecule has 4 nitrogen and oxygen atoms in total. The number of nitrogens with zero attached hydrogens (tertiary/aromatic N) is 2. The van der Waals surface area contributed by atoms with Gasteiger partial charge in [-0.1, -0.05) is 19.9 Å². The lowest BCUT2D eigenvalue weighted by atomic mass is 9.49. The molecule has 4 heteroatoms. The van der Waals surface area contributed by atoms with E-state index in [1.807, 2.05) is 19.3 Å². The minimum absolute atomic E-state index is 0.136. The molecular formula is C25H32N2O2. The van der Waals surface area contributed by atoms with Gasteiger partial charge in [-0.25, -0.2) is 0 Å². The third kappa shape index (κ3) is 2.82. The summed E-state index contributed by atoms with van der Waals surface area (Å²) in [5, 5.41) is 0. The molecule has 5 rings (SSSR count). The minimum atomic E-state index is 0.136. The molecule has 1 aromatic rings. The van der Waals surface area contributed by atoms with Gasteiger partial charge in [0.05, 0.1) is 12.8 Å². The normalized spacial score (nSPS) is 38.4. The minimum Gasteiger partial charge on any atom is -0.492 e. The maximum absolute atomic E-state index is 12.0. The highest BCUT2D eigenvalue weighted by Crippen LogP contribution is 2.63. The molecule has 2 fully saturated rings. The first-order valence-corrected chi connectivity index (χ1v) is 11.3. The van der Waals surface area contributed by atoms with E-state index >= 15 is 0 Å².